The molecule has 0 N–H and O–H groups in total. The third-order valence-corrected chi connectivity index (χ3v) is 14.4. The molecule has 0 fully saturated rings. The molecule has 0 unspecified atom stereocenters. The van der Waals surface area contributed by atoms with Crippen LogP contribution in [0, 0.1) is 0 Å². The maximum absolute atomic E-state index is 15.1. The van der Waals surface area contributed by atoms with Crippen molar-refractivity contribution < 1.29 is 4.57 Å². The number of aromatic nitrogens is 1. The zero-order valence-electron chi connectivity index (χ0n) is 27.5. The van der Waals surface area contributed by atoms with Crippen LogP contribution in [-0.4, -0.2) is 4.98 Å². The fourth-order valence-corrected chi connectivity index (χ4v) is 11.6. The van der Waals surface area contributed by atoms with Crippen LogP contribution in [0.3, 0.4) is 0 Å². The Labute approximate surface area is 299 Å². The number of hydrogen-bond acceptors (Lipinski definition) is 3. The van der Waals surface area contributed by atoms with Gasteiger partial charge in [-0.25, -0.2) is 4.98 Å². The van der Waals surface area contributed by atoms with Crippen molar-refractivity contribution >= 4 is 87.0 Å². The van der Waals surface area contributed by atoms with Crippen molar-refractivity contribution in [3.63, 3.8) is 0 Å². The SMILES string of the molecule is O=P(c1ccccc1)(c1ccccc1)c1ccc(-c2cccc3nc(-c4cc5ccccc5c5ccccc45)c4sc5ccccc5c4c23)cc1. The van der Waals surface area contributed by atoms with Crippen molar-refractivity contribution in [3.05, 3.63) is 182 Å². The van der Waals surface area contributed by atoms with E-state index in [-0.39, 0.29) is 0 Å². The van der Waals surface area contributed by atoms with E-state index in [9.17, 15) is 0 Å². The van der Waals surface area contributed by atoms with Gasteiger partial charge in [0.25, 0.3) is 0 Å². The summed E-state index contributed by atoms with van der Waals surface area (Å²) >= 11 is 1.82. The number of pyridine rings is 1. The highest BCUT2D eigenvalue weighted by atomic mass is 32.1. The van der Waals surface area contributed by atoms with Gasteiger partial charge in [0, 0.05) is 42.3 Å². The highest BCUT2D eigenvalue weighted by molar-refractivity contribution is 7.85. The van der Waals surface area contributed by atoms with Gasteiger partial charge in [0.15, 0.2) is 7.14 Å². The van der Waals surface area contributed by atoms with E-state index >= 15 is 4.57 Å². The van der Waals surface area contributed by atoms with Gasteiger partial charge in [-0.05, 0) is 50.9 Å². The third kappa shape index (κ3) is 4.70. The summed E-state index contributed by atoms with van der Waals surface area (Å²) in [6.07, 6.45) is 0. The van der Waals surface area contributed by atoms with Crippen molar-refractivity contribution in [1.82, 2.24) is 4.98 Å². The molecule has 51 heavy (non-hydrogen) atoms. The average molecular weight is 688 g/mol. The Balaban J connectivity index is 1.22. The van der Waals surface area contributed by atoms with E-state index in [1.807, 2.05) is 72.0 Å². The highest BCUT2D eigenvalue weighted by Gasteiger charge is 2.29. The first kappa shape index (κ1) is 30.0. The second-order valence-electron chi connectivity index (χ2n) is 13.0. The fourth-order valence-electron chi connectivity index (χ4n) is 7.77. The Morgan fingerprint density at radius 2 is 1.04 bits per heavy atom. The first-order valence-corrected chi connectivity index (χ1v) is 19.7. The molecule has 0 spiro atoms. The van der Waals surface area contributed by atoms with Crippen LogP contribution in [-0.2, 0) is 4.57 Å². The lowest BCUT2D eigenvalue weighted by atomic mass is 9.93. The molecule has 8 aromatic carbocycles. The molecule has 10 aromatic rings. The second kappa shape index (κ2) is 11.9. The predicted molar refractivity (Wildman–Crippen MR) is 220 cm³/mol. The number of rotatable bonds is 5. The van der Waals surface area contributed by atoms with Crippen LogP contribution in [0.15, 0.2) is 182 Å². The number of benzene rings is 8. The van der Waals surface area contributed by atoms with Crippen LogP contribution in [0.1, 0.15) is 0 Å². The number of fused-ring (bicyclic) bond motifs is 8. The van der Waals surface area contributed by atoms with Crippen molar-refractivity contribution in [2.45, 2.75) is 0 Å². The van der Waals surface area contributed by atoms with Gasteiger partial charge in [-0.2, -0.15) is 0 Å². The van der Waals surface area contributed by atoms with Gasteiger partial charge in [-0.1, -0.05) is 164 Å². The molecule has 0 bridgehead atoms. The maximum Gasteiger partial charge on any atom is 0.171 e. The molecule has 10 rings (SSSR count). The highest BCUT2D eigenvalue weighted by Crippen LogP contribution is 2.48. The molecule has 2 heterocycles. The Morgan fingerprint density at radius 1 is 0.451 bits per heavy atom. The van der Waals surface area contributed by atoms with Gasteiger partial charge in [-0.15, -0.1) is 11.3 Å². The normalized spacial score (nSPS) is 12.0. The second-order valence-corrected chi connectivity index (χ2v) is 16.8. The van der Waals surface area contributed by atoms with Gasteiger partial charge < -0.3 is 4.57 Å². The minimum atomic E-state index is -3.09. The summed E-state index contributed by atoms with van der Waals surface area (Å²) in [5, 5.41) is 11.0. The molecule has 0 aliphatic rings. The molecule has 2 aromatic heterocycles. The lowest BCUT2D eigenvalue weighted by Crippen LogP contribution is -2.24. The summed E-state index contributed by atoms with van der Waals surface area (Å²) in [5.74, 6) is 0. The summed E-state index contributed by atoms with van der Waals surface area (Å²) in [6.45, 7) is 0. The van der Waals surface area contributed by atoms with E-state index in [0.29, 0.717) is 0 Å². The van der Waals surface area contributed by atoms with Gasteiger partial charge in [0.05, 0.1) is 15.9 Å². The molecule has 0 saturated heterocycles. The van der Waals surface area contributed by atoms with E-state index in [4.69, 9.17) is 4.98 Å². The lowest BCUT2D eigenvalue weighted by Gasteiger charge is -2.20. The van der Waals surface area contributed by atoms with Gasteiger partial charge >= 0.3 is 0 Å². The number of thiophene rings is 1. The first-order valence-electron chi connectivity index (χ1n) is 17.2. The quantitative estimate of drug-likeness (QED) is 0.133. The van der Waals surface area contributed by atoms with Crippen molar-refractivity contribution in [2.75, 3.05) is 0 Å². The van der Waals surface area contributed by atoms with E-state index in [1.54, 1.807) is 0 Å². The number of nitrogens with zero attached hydrogens (tertiary/aromatic N) is 1. The van der Waals surface area contributed by atoms with E-state index < -0.39 is 7.14 Å². The van der Waals surface area contributed by atoms with Crippen LogP contribution in [0.25, 0.3) is 75.0 Å². The van der Waals surface area contributed by atoms with E-state index in [2.05, 4.69) is 121 Å². The van der Waals surface area contributed by atoms with Crippen molar-refractivity contribution in [2.24, 2.45) is 0 Å². The van der Waals surface area contributed by atoms with Gasteiger partial charge in [0.2, 0.25) is 0 Å². The molecule has 0 aliphatic heterocycles. The van der Waals surface area contributed by atoms with Crippen LogP contribution >= 0.6 is 18.5 Å². The summed E-state index contributed by atoms with van der Waals surface area (Å²) in [6, 6.07) is 62.9. The predicted octanol–water partition coefficient (Wildman–Crippen LogP) is 11.9. The van der Waals surface area contributed by atoms with Crippen LogP contribution in [0.2, 0.25) is 0 Å². The Hall–Kier alpha value is -5.86. The third-order valence-electron chi connectivity index (χ3n) is 10.1. The minimum absolute atomic E-state index is 0.818. The standard InChI is InChI=1S/C47H30NOPS/c49-50(33-15-3-1-4-16-33,34-17-5-2-6-18-34)35-28-26-31(27-29-35)37-23-13-24-42-44(37)45-40-22-11-12-25-43(40)51-47(45)46(48-42)41-30-32-14-7-8-19-36(32)38-20-9-10-21-39(38)41/h1-30H. The monoisotopic (exact) mass is 687 g/mol. The average Bonchev–Trinajstić information content (AvgIpc) is 3.60. The molecule has 0 saturated carbocycles. The Morgan fingerprint density at radius 3 is 1.76 bits per heavy atom. The smallest absolute Gasteiger partial charge is 0.171 e. The molecule has 0 amide bonds. The molecule has 240 valence electrons. The summed E-state index contributed by atoms with van der Waals surface area (Å²) in [4.78, 5) is 5.51. The molecular weight excluding hydrogens is 658 g/mol. The Bertz CT molecular complexity index is 2940. The molecule has 0 atom stereocenters. The topological polar surface area (TPSA) is 30.0 Å². The van der Waals surface area contributed by atoms with Crippen LogP contribution in [0.5, 0.6) is 0 Å². The molecule has 0 radical (unpaired) electrons. The molecule has 4 heteroatoms. The summed E-state index contributed by atoms with van der Waals surface area (Å²) in [5.41, 5.74) is 5.30. The minimum Gasteiger partial charge on any atom is -0.309 e. The Kier molecular flexibility index (Phi) is 6.99. The van der Waals surface area contributed by atoms with Crippen LogP contribution < -0.4 is 15.9 Å². The fraction of sp³-hybridized carbons (Fsp3) is 0. The molecular formula is C47H30NOPS. The first-order chi connectivity index (χ1) is 25.2. The zero-order chi connectivity index (χ0) is 33.9. The van der Waals surface area contributed by atoms with Crippen molar-refractivity contribution in [1.29, 1.82) is 0 Å². The van der Waals surface area contributed by atoms with Crippen molar-refractivity contribution in [3.8, 4) is 22.4 Å². The summed E-state index contributed by atoms with van der Waals surface area (Å²) in [7, 11) is -3.09. The summed E-state index contributed by atoms with van der Waals surface area (Å²) < 4.78 is 17.5. The molecule has 2 nitrogen and oxygen atoms in total. The largest absolute Gasteiger partial charge is 0.309 e. The van der Waals surface area contributed by atoms with E-state index in [0.717, 1.165) is 49.2 Å². The van der Waals surface area contributed by atoms with Crippen LogP contribution in [0.4, 0.5) is 0 Å². The van der Waals surface area contributed by atoms with Gasteiger partial charge in [-0.3, -0.25) is 0 Å². The molecule has 0 aliphatic carbocycles. The lowest BCUT2D eigenvalue weighted by molar-refractivity contribution is 0.592. The maximum atomic E-state index is 15.1. The number of hydrogen-bond donors (Lipinski definition) is 0. The van der Waals surface area contributed by atoms with E-state index in [1.165, 1.54) is 41.7 Å². The zero-order valence-corrected chi connectivity index (χ0v) is 29.2. The van der Waals surface area contributed by atoms with Gasteiger partial charge in [0.1, 0.15) is 0 Å².